The SMILES string of the molecule is COCC(O)CCNC(=O)c1cc2cc(N)ccc2[nH]1. The van der Waals surface area contributed by atoms with Gasteiger partial charge in [0.1, 0.15) is 5.69 Å². The molecule has 0 aliphatic rings. The number of aromatic nitrogens is 1. The first kappa shape index (κ1) is 14.4. The molecule has 1 aromatic carbocycles. The Morgan fingerprint density at radius 2 is 2.30 bits per heavy atom. The summed E-state index contributed by atoms with van der Waals surface area (Å²) in [6.45, 7) is 0.655. The van der Waals surface area contributed by atoms with Crippen LogP contribution in [0.3, 0.4) is 0 Å². The number of nitrogens with two attached hydrogens (primary N) is 1. The molecule has 2 aromatic rings. The molecule has 108 valence electrons. The summed E-state index contributed by atoms with van der Waals surface area (Å²) in [4.78, 5) is 15.0. The van der Waals surface area contributed by atoms with Crippen LogP contribution in [0, 0.1) is 0 Å². The summed E-state index contributed by atoms with van der Waals surface area (Å²) in [5.41, 5.74) is 7.70. The standard InChI is InChI=1S/C14H19N3O3/c1-20-8-11(18)4-5-16-14(19)13-7-9-6-10(15)2-3-12(9)17-13/h2-3,6-7,11,17-18H,4-5,8,15H2,1H3,(H,16,19). The van der Waals surface area contributed by atoms with E-state index in [0.717, 1.165) is 10.9 Å². The maximum Gasteiger partial charge on any atom is 0.267 e. The zero-order valence-corrected chi connectivity index (χ0v) is 11.3. The van der Waals surface area contributed by atoms with Gasteiger partial charge in [0.25, 0.3) is 5.91 Å². The molecule has 20 heavy (non-hydrogen) atoms. The zero-order chi connectivity index (χ0) is 14.5. The minimum atomic E-state index is -0.567. The second-order valence-corrected chi connectivity index (χ2v) is 4.68. The van der Waals surface area contributed by atoms with Crippen molar-refractivity contribution in [2.75, 3.05) is 26.0 Å². The van der Waals surface area contributed by atoms with Gasteiger partial charge >= 0.3 is 0 Å². The average Bonchev–Trinajstić information content (AvgIpc) is 2.82. The molecule has 1 atom stereocenters. The Bertz CT molecular complexity index is 594. The topological polar surface area (TPSA) is 100 Å². The molecule has 6 heteroatoms. The Labute approximate surface area is 116 Å². The van der Waals surface area contributed by atoms with Crippen LogP contribution in [0.4, 0.5) is 5.69 Å². The summed E-state index contributed by atoms with van der Waals surface area (Å²) in [6.07, 6.45) is -0.116. The van der Waals surface area contributed by atoms with Crippen molar-refractivity contribution < 1.29 is 14.6 Å². The molecule has 0 bridgehead atoms. The molecule has 0 aliphatic heterocycles. The number of methoxy groups -OCH3 is 1. The summed E-state index contributed by atoms with van der Waals surface area (Å²) >= 11 is 0. The Morgan fingerprint density at radius 3 is 3.05 bits per heavy atom. The van der Waals surface area contributed by atoms with Gasteiger partial charge in [0.15, 0.2) is 0 Å². The average molecular weight is 277 g/mol. The van der Waals surface area contributed by atoms with E-state index in [0.29, 0.717) is 24.3 Å². The van der Waals surface area contributed by atoms with Gasteiger partial charge in [-0.2, -0.15) is 0 Å². The van der Waals surface area contributed by atoms with E-state index < -0.39 is 6.10 Å². The molecular weight excluding hydrogens is 258 g/mol. The Balaban J connectivity index is 1.94. The number of carbonyl (C=O) groups excluding carboxylic acids is 1. The largest absolute Gasteiger partial charge is 0.399 e. The van der Waals surface area contributed by atoms with Gasteiger partial charge in [0.05, 0.1) is 12.7 Å². The highest BCUT2D eigenvalue weighted by Gasteiger charge is 2.10. The Kier molecular flexibility index (Phi) is 4.60. The van der Waals surface area contributed by atoms with Crippen LogP contribution in [0.25, 0.3) is 10.9 Å². The third kappa shape index (κ3) is 3.49. The first-order chi connectivity index (χ1) is 9.60. The number of hydrogen-bond donors (Lipinski definition) is 4. The highest BCUT2D eigenvalue weighted by atomic mass is 16.5. The molecule has 1 aromatic heterocycles. The number of aliphatic hydroxyl groups excluding tert-OH is 1. The summed E-state index contributed by atoms with van der Waals surface area (Å²) < 4.78 is 4.82. The Hall–Kier alpha value is -2.05. The molecule has 6 nitrogen and oxygen atoms in total. The van der Waals surface area contributed by atoms with E-state index in [1.54, 1.807) is 12.1 Å². The quantitative estimate of drug-likeness (QED) is 0.589. The fraction of sp³-hybridized carbons (Fsp3) is 0.357. The third-order valence-electron chi connectivity index (χ3n) is 3.01. The molecule has 5 N–H and O–H groups in total. The van der Waals surface area contributed by atoms with Crippen LogP contribution >= 0.6 is 0 Å². The molecule has 1 amide bonds. The number of H-pyrrole nitrogens is 1. The molecule has 1 heterocycles. The van der Waals surface area contributed by atoms with E-state index in [9.17, 15) is 9.90 Å². The summed E-state index contributed by atoms with van der Waals surface area (Å²) in [6, 6.07) is 7.18. The predicted octanol–water partition coefficient (Wildman–Crippen LogP) is 0.877. The molecule has 2 rings (SSSR count). The third-order valence-corrected chi connectivity index (χ3v) is 3.01. The van der Waals surface area contributed by atoms with Gasteiger partial charge < -0.3 is 25.9 Å². The fourth-order valence-corrected chi connectivity index (χ4v) is 2.00. The van der Waals surface area contributed by atoms with Crippen molar-refractivity contribution in [1.82, 2.24) is 10.3 Å². The van der Waals surface area contributed by atoms with Crippen LogP contribution < -0.4 is 11.1 Å². The maximum absolute atomic E-state index is 12.0. The minimum Gasteiger partial charge on any atom is -0.399 e. The monoisotopic (exact) mass is 277 g/mol. The fourth-order valence-electron chi connectivity index (χ4n) is 2.00. The minimum absolute atomic E-state index is 0.204. The van der Waals surface area contributed by atoms with Crippen molar-refractivity contribution in [3.05, 3.63) is 30.0 Å². The molecule has 0 spiro atoms. The van der Waals surface area contributed by atoms with E-state index in [1.807, 2.05) is 12.1 Å². The first-order valence-corrected chi connectivity index (χ1v) is 6.43. The smallest absolute Gasteiger partial charge is 0.267 e. The van der Waals surface area contributed by atoms with Gasteiger partial charge in [0, 0.05) is 30.2 Å². The lowest BCUT2D eigenvalue weighted by atomic mass is 10.2. The summed E-state index contributed by atoms with van der Waals surface area (Å²) in [5, 5.41) is 13.1. The molecule has 0 radical (unpaired) electrons. The number of anilines is 1. The lowest BCUT2D eigenvalue weighted by molar-refractivity contribution is 0.0587. The number of amides is 1. The predicted molar refractivity (Wildman–Crippen MR) is 77.5 cm³/mol. The number of rotatable bonds is 6. The van der Waals surface area contributed by atoms with Crippen molar-refractivity contribution in [2.24, 2.45) is 0 Å². The lowest BCUT2D eigenvalue weighted by Crippen LogP contribution is -2.28. The number of aliphatic hydroxyl groups is 1. The number of carbonyl (C=O) groups is 1. The first-order valence-electron chi connectivity index (χ1n) is 6.43. The molecule has 0 saturated heterocycles. The van der Waals surface area contributed by atoms with E-state index in [2.05, 4.69) is 10.3 Å². The normalized spacial score (nSPS) is 12.5. The van der Waals surface area contributed by atoms with Crippen LogP contribution in [-0.4, -0.2) is 42.4 Å². The van der Waals surface area contributed by atoms with Crippen molar-refractivity contribution in [1.29, 1.82) is 0 Å². The van der Waals surface area contributed by atoms with Gasteiger partial charge in [-0.05, 0) is 30.7 Å². The highest BCUT2D eigenvalue weighted by Crippen LogP contribution is 2.18. The van der Waals surface area contributed by atoms with Gasteiger partial charge in [-0.1, -0.05) is 0 Å². The lowest BCUT2D eigenvalue weighted by Gasteiger charge is -2.09. The van der Waals surface area contributed by atoms with Gasteiger partial charge in [0.2, 0.25) is 0 Å². The van der Waals surface area contributed by atoms with Crippen molar-refractivity contribution in [2.45, 2.75) is 12.5 Å². The molecule has 1 unspecified atom stereocenters. The van der Waals surface area contributed by atoms with E-state index in [-0.39, 0.29) is 12.5 Å². The van der Waals surface area contributed by atoms with Crippen molar-refractivity contribution in [3.8, 4) is 0 Å². The van der Waals surface area contributed by atoms with Crippen LogP contribution in [0.1, 0.15) is 16.9 Å². The van der Waals surface area contributed by atoms with E-state index >= 15 is 0 Å². The summed E-state index contributed by atoms with van der Waals surface area (Å²) in [5.74, 6) is -0.204. The van der Waals surface area contributed by atoms with Crippen LogP contribution in [0.5, 0.6) is 0 Å². The van der Waals surface area contributed by atoms with Gasteiger partial charge in [-0.3, -0.25) is 4.79 Å². The van der Waals surface area contributed by atoms with E-state index in [1.165, 1.54) is 7.11 Å². The zero-order valence-electron chi connectivity index (χ0n) is 11.3. The molecule has 0 saturated carbocycles. The molecular formula is C14H19N3O3. The number of aromatic amines is 1. The summed E-state index contributed by atoms with van der Waals surface area (Å²) in [7, 11) is 1.53. The number of nitrogen functional groups attached to an aromatic ring is 1. The van der Waals surface area contributed by atoms with Crippen LogP contribution in [0.2, 0.25) is 0 Å². The number of nitrogens with one attached hydrogen (secondary N) is 2. The highest BCUT2D eigenvalue weighted by molar-refractivity contribution is 5.98. The number of hydrogen-bond acceptors (Lipinski definition) is 4. The Morgan fingerprint density at radius 1 is 1.50 bits per heavy atom. The van der Waals surface area contributed by atoms with Gasteiger partial charge in [-0.25, -0.2) is 0 Å². The maximum atomic E-state index is 12.0. The number of benzene rings is 1. The van der Waals surface area contributed by atoms with Crippen LogP contribution in [0.15, 0.2) is 24.3 Å². The van der Waals surface area contributed by atoms with Crippen LogP contribution in [-0.2, 0) is 4.74 Å². The van der Waals surface area contributed by atoms with Gasteiger partial charge in [-0.15, -0.1) is 0 Å². The number of fused-ring (bicyclic) bond motifs is 1. The molecule has 0 fully saturated rings. The van der Waals surface area contributed by atoms with E-state index in [4.69, 9.17) is 10.5 Å². The number of ether oxygens (including phenoxy) is 1. The molecule has 0 aliphatic carbocycles. The van der Waals surface area contributed by atoms with Crippen molar-refractivity contribution >= 4 is 22.5 Å². The van der Waals surface area contributed by atoms with Crippen molar-refractivity contribution in [3.63, 3.8) is 0 Å². The second-order valence-electron chi connectivity index (χ2n) is 4.68. The second kappa shape index (κ2) is 6.40.